The first-order valence-corrected chi connectivity index (χ1v) is 6.71. The van der Waals surface area contributed by atoms with Gasteiger partial charge in [-0.3, -0.25) is 0 Å². The fourth-order valence-electron chi connectivity index (χ4n) is 2.30. The molecule has 1 aromatic rings. The number of ether oxygens (including phenoxy) is 1. The van der Waals surface area contributed by atoms with E-state index in [0.717, 1.165) is 23.6 Å². The van der Waals surface area contributed by atoms with Crippen molar-refractivity contribution in [2.24, 2.45) is 5.73 Å². The first-order valence-electron chi connectivity index (χ1n) is 6.71. The Morgan fingerprint density at radius 2 is 1.72 bits per heavy atom. The highest BCUT2D eigenvalue weighted by Gasteiger charge is 2.18. The van der Waals surface area contributed by atoms with Gasteiger partial charge in [0.2, 0.25) is 0 Å². The van der Waals surface area contributed by atoms with Gasteiger partial charge in [0, 0.05) is 18.0 Å². The van der Waals surface area contributed by atoms with Crippen LogP contribution in [0, 0.1) is 13.8 Å². The Morgan fingerprint density at radius 1 is 1.17 bits per heavy atom. The summed E-state index contributed by atoms with van der Waals surface area (Å²) in [6, 6.07) is 0. The van der Waals surface area contributed by atoms with Crippen LogP contribution in [0.3, 0.4) is 0 Å². The minimum Gasteiger partial charge on any atom is -0.371 e. The Labute approximate surface area is 110 Å². The van der Waals surface area contributed by atoms with Crippen molar-refractivity contribution in [1.82, 2.24) is 9.97 Å². The molecule has 1 rings (SSSR count). The molecule has 2 unspecified atom stereocenters. The van der Waals surface area contributed by atoms with E-state index in [0.29, 0.717) is 19.1 Å². The molecule has 1 heterocycles. The van der Waals surface area contributed by atoms with Gasteiger partial charge < -0.3 is 10.5 Å². The number of rotatable bonds is 6. The minimum atomic E-state index is -0.00497. The number of nitrogens with zero attached hydrogens (tertiary/aromatic N) is 2. The summed E-state index contributed by atoms with van der Waals surface area (Å²) in [5.74, 6) is 1.09. The third-order valence-electron chi connectivity index (χ3n) is 3.22. The van der Waals surface area contributed by atoms with Crippen LogP contribution in [0.5, 0.6) is 0 Å². The van der Waals surface area contributed by atoms with E-state index in [1.807, 2.05) is 20.8 Å². The predicted molar refractivity (Wildman–Crippen MR) is 73.6 cm³/mol. The van der Waals surface area contributed by atoms with Gasteiger partial charge in [-0.25, -0.2) is 9.97 Å². The van der Waals surface area contributed by atoms with Crippen LogP contribution in [0.15, 0.2) is 0 Å². The van der Waals surface area contributed by atoms with Gasteiger partial charge in [-0.1, -0.05) is 13.8 Å². The van der Waals surface area contributed by atoms with Gasteiger partial charge in [-0.15, -0.1) is 0 Å². The number of aromatic nitrogens is 2. The first-order chi connectivity index (χ1) is 8.54. The molecule has 0 spiro atoms. The summed E-state index contributed by atoms with van der Waals surface area (Å²) in [6.45, 7) is 11.5. The summed E-state index contributed by atoms with van der Waals surface area (Å²) in [7, 11) is 0. The smallest absolute Gasteiger partial charge is 0.157 e. The molecule has 0 saturated heterocycles. The maximum absolute atomic E-state index is 5.73. The fraction of sp³-hybridized carbons (Fsp3) is 0.714. The van der Waals surface area contributed by atoms with Crippen LogP contribution in [0.4, 0.5) is 0 Å². The summed E-state index contributed by atoms with van der Waals surface area (Å²) in [6.07, 6.45) is 0.882. The second-order valence-electron chi connectivity index (χ2n) is 4.66. The van der Waals surface area contributed by atoms with Gasteiger partial charge in [0.1, 0.15) is 6.10 Å². The lowest BCUT2D eigenvalue weighted by atomic mass is 9.98. The number of nitrogens with two attached hydrogens (primary N) is 1. The van der Waals surface area contributed by atoms with E-state index in [2.05, 4.69) is 23.8 Å². The summed E-state index contributed by atoms with van der Waals surface area (Å²) in [4.78, 5) is 9.20. The zero-order valence-electron chi connectivity index (χ0n) is 12.2. The molecule has 0 aromatic carbocycles. The van der Waals surface area contributed by atoms with Crippen molar-refractivity contribution >= 4 is 0 Å². The Morgan fingerprint density at radius 3 is 2.11 bits per heavy atom. The molecule has 4 heteroatoms. The van der Waals surface area contributed by atoms with Crippen molar-refractivity contribution in [2.75, 3.05) is 13.2 Å². The highest BCUT2D eigenvalue weighted by atomic mass is 16.5. The third kappa shape index (κ3) is 3.27. The van der Waals surface area contributed by atoms with Crippen LogP contribution < -0.4 is 5.73 Å². The quantitative estimate of drug-likeness (QED) is 0.844. The highest BCUT2D eigenvalue weighted by Crippen LogP contribution is 2.24. The summed E-state index contributed by atoms with van der Waals surface area (Å²) in [5, 5.41) is 0. The van der Waals surface area contributed by atoms with E-state index in [-0.39, 0.29) is 6.10 Å². The minimum absolute atomic E-state index is 0.00497. The highest BCUT2D eigenvalue weighted by molar-refractivity contribution is 5.28. The molecule has 0 aliphatic carbocycles. The molecule has 102 valence electrons. The van der Waals surface area contributed by atoms with Crippen LogP contribution >= 0.6 is 0 Å². The molecule has 1 aromatic heterocycles. The van der Waals surface area contributed by atoms with Crippen molar-refractivity contribution in [1.29, 1.82) is 0 Å². The van der Waals surface area contributed by atoms with Crippen LogP contribution in [0.2, 0.25) is 0 Å². The molecule has 0 aliphatic rings. The van der Waals surface area contributed by atoms with Crippen LogP contribution in [0.1, 0.15) is 62.0 Å². The largest absolute Gasteiger partial charge is 0.371 e. The molecule has 0 amide bonds. The molecule has 0 saturated carbocycles. The lowest BCUT2D eigenvalue weighted by Gasteiger charge is -2.19. The summed E-state index contributed by atoms with van der Waals surface area (Å²) >= 11 is 0. The zero-order chi connectivity index (χ0) is 13.7. The Balaban J connectivity index is 3.12. The van der Waals surface area contributed by atoms with E-state index >= 15 is 0 Å². The lowest BCUT2D eigenvalue weighted by Crippen LogP contribution is -2.16. The number of aryl methyl sites for hydroxylation is 2. The molecule has 0 radical (unpaired) electrons. The number of hydrogen-bond donors (Lipinski definition) is 1. The molecule has 0 bridgehead atoms. The molecular weight excluding hydrogens is 226 g/mol. The van der Waals surface area contributed by atoms with Crippen molar-refractivity contribution in [3.63, 3.8) is 0 Å². The average molecular weight is 251 g/mol. The van der Waals surface area contributed by atoms with Crippen LogP contribution in [-0.2, 0) is 4.74 Å². The van der Waals surface area contributed by atoms with Gasteiger partial charge in [0.05, 0.1) is 0 Å². The molecule has 4 nitrogen and oxygen atoms in total. The Hall–Kier alpha value is -1.00. The average Bonchev–Trinajstić information content (AvgIpc) is 2.34. The first kappa shape index (κ1) is 15.1. The Bertz CT molecular complexity index is 370. The van der Waals surface area contributed by atoms with Gasteiger partial charge in [-0.2, -0.15) is 0 Å². The molecule has 18 heavy (non-hydrogen) atoms. The molecule has 2 N–H and O–H groups in total. The second-order valence-corrected chi connectivity index (χ2v) is 4.66. The van der Waals surface area contributed by atoms with Crippen LogP contribution in [0.25, 0.3) is 0 Å². The normalized spacial score (nSPS) is 14.6. The number of hydrogen-bond acceptors (Lipinski definition) is 4. The van der Waals surface area contributed by atoms with Gasteiger partial charge in [0.15, 0.2) is 5.82 Å². The maximum Gasteiger partial charge on any atom is 0.157 e. The maximum atomic E-state index is 5.73. The van der Waals surface area contributed by atoms with Crippen molar-refractivity contribution in [3.8, 4) is 0 Å². The SMILES string of the molecule is CCOC(CC)c1nc(C)c(C(C)CN)c(C)n1. The van der Waals surface area contributed by atoms with Gasteiger partial charge in [0.25, 0.3) is 0 Å². The van der Waals surface area contributed by atoms with E-state index in [9.17, 15) is 0 Å². The molecule has 0 aliphatic heterocycles. The van der Waals surface area contributed by atoms with E-state index in [1.54, 1.807) is 0 Å². The standard InChI is InChI=1S/C14H25N3O/c1-6-12(18-7-2)14-16-10(4)13(9(3)8-15)11(5)17-14/h9,12H,6-8,15H2,1-5H3. The molecule has 0 fully saturated rings. The van der Waals surface area contributed by atoms with Crippen molar-refractivity contribution in [3.05, 3.63) is 22.8 Å². The topological polar surface area (TPSA) is 61.0 Å². The van der Waals surface area contributed by atoms with Gasteiger partial charge in [-0.05, 0) is 45.2 Å². The Kier molecular flexibility index (Phi) is 5.69. The van der Waals surface area contributed by atoms with Gasteiger partial charge >= 0.3 is 0 Å². The lowest BCUT2D eigenvalue weighted by molar-refractivity contribution is 0.0532. The summed E-state index contributed by atoms with van der Waals surface area (Å²) < 4.78 is 5.66. The van der Waals surface area contributed by atoms with Crippen LogP contribution in [-0.4, -0.2) is 23.1 Å². The zero-order valence-corrected chi connectivity index (χ0v) is 12.2. The predicted octanol–water partition coefficient (Wildman–Crippen LogP) is 2.64. The van der Waals surface area contributed by atoms with E-state index in [1.165, 1.54) is 5.56 Å². The molecular formula is C14H25N3O. The third-order valence-corrected chi connectivity index (χ3v) is 3.22. The van der Waals surface area contributed by atoms with E-state index in [4.69, 9.17) is 10.5 Å². The second kappa shape index (κ2) is 6.81. The monoisotopic (exact) mass is 251 g/mol. The fourth-order valence-corrected chi connectivity index (χ4v) is 2.30. The van der Waals surface area contributed by atoms with Crippen molar-refractivity contribution < 1.29 is 4.74 Å². The van der Waals surface area contributed by atoms with Crippen molar-refractivity contribution in [2.45, 2.75) is 53.1 Å². The summed E-state index contributed by atoms with van der Waals surface area (Å²) in [5.41, 5.74) is 8.95. The van der Waals surface area contributed by atoms with E-state index < -0.39 is 0 Å². The molecule has 2 atom stereocenters.